The summed E-state index contributed by atoms with van der Waals surface area (Å²) in [6, 6.07) is 17.0. The highest BCUT2D eigenvalue weighted by Gasteiger charge is 2.17. The number of fused-ring (bicyclic) bond motifs is 2. The molecule has 2 aromatic heterocycles. The molecule has 130 valence electrons. The van der Waals surface area contributed by atoms with Crippen molar-refractivity contribution in [1.29, 1.82) is 0 Å². The van der Waals surface area contributed by atoms with E-state index in [2.05, 4.69) is 10.4 Å². The number of carbonyl (C=O) groups excluding carboxylic acids is 1. The molecule has 0 saturated carbocycles. The molecule has 0 unspecified atom stereocenters. The van der Waals surface area contributed by atoms with Crippen molar-refractivity contribution in [2.45, 2.75) is 13.5 Å². The van der Waals surface area contributed by atoms with Gasteiger partial charge in [0, 0.05) is 11.9 Å². The molecule has 0 saturated heterocycles. The van der Waals surface area contributed by atoms with Crippen LogP contribution >= 0.6 is 0 Å². The molecular formula is C20H18N4O2. The lowest BCUT2D eigenvalue weighted by atomic mass is 10.1. The fraction of sp³-hybridized carbons (Fsp3) is 0.150. The molecule has 0 aliphatic heterocycles. The lowest BCUT2D eigenvalue weighted by Crippen LogP contribution is -2.14. The summed E-state index contributed by atoms with van der Waals surface area (Å²) in [7, 11) is 1.55. The molecule has 4 aromatic rings. The first-order valence-corrected chi connectivity index (χ1v) is 8.42. The third kappa shape index (κ3) is 2.65. The molecule has 0 spiro atoms. The van der Waals surface area contributed by atoms with Crippen LogP contribution in [0.25, 0.3) is 21.9 Å². The molecule has 4 rings (SSSR count). The van der Waals surface area contributed by atoms with Crippen LogP contribution in [0.3, 0.4) is 0 Å². The Hall–Kier alpha value is -3.41. The number of aromatic nitrogens is 3. The number of methoxy groups -OCH3 is 1. The zero-order valence-corrected chi connectivity index (χ0v) is 14.6. The summed E-state index contributed by atoms with van der Waals surface area (Å²) in [5.74, 6) is 0.752. The number of aryl methyl sites for hydroxylation is 1. The minimum atomic E-state index is -0.265. The predicted molar refractivity (Wildman–Crippen MR) is 102 cm³/mol. The number of hydrogen-bond donors (Lipinski definition) is 1. The first-order chi connectivity index (χ1) is 12.7. The minimum absolute atomic E-state index is 0.265. The molecule has 26 heavy (non-hydrogen) atoms. The van der Waals surface area contributed by atoms with Gasteiger partial charge in [-0.3, -0.25) is 4.79 Å². The number of para-hydroxylation sites is 2. The van der Waals surface area contributed by atoms with Crippen LogP contribution in [0, 0.1) is 0 Å². The SMILES string of the molecule is CCn1nc(NC(=O)c2ccccc2OC)c2cc3ccccc3nc21. The number of rotatable bonds is 4. The summed E-state index contributed by atoms with van der Waals surface area (Å²) in [6.45, 7) is 2.65. The van der Waals surface area contributed by atoms with E-state index in [4.69, 9.17) is 9.72 Å². The molecule has 0 aliphatic rings. The molecule has 6 heteroatoms. The topological polar surface area (TPSA) is 69.0 Å². The second-order valence-electron chi connectivity index (χ2n) is 5.87. The average Bonchev–Trinajstić information content (AvgIpc) is 3.02. The molecule has 2 aromatic carbocycles. The van der Waals surface area contributed by atoms with Crippen molar-refractivity contribution in [3.05, 3.63) is 60.2 Å². The van der Waals surface area contributed by atoms with Gasteiger partial charge in [-0.25, -0.2) is 9.67 Å². The van der Waals surface area contributed by atoms with Crippen molar-refractivity contribution in [1.82, 2.24) is 14.8 Å². The van der Waals surface area contributed by atoms with Crippen molar-refractivity contribution in [2.24, 2.45) is 0 Å². The zero-order chi connectivity index (χ0) is 18.1. The third-order valence-electron chi connectivity index (χ3n) is 4.31. The van der Waals surface area contributed by atoms with Gasteiger partial charge in [0.15, 0.2) is 11.5 Å². The van der Waals surface area contributed by atoms with Gasteiger partial charge in [0.05, 0.1) is 23.6 Å². The number of anilines is 1. The minimum Gasteiger partial charge on any atom is -0.496 e. The molecule has 0 aliphatic carbocycles. The van der Waals surface area contributed by atoms with Gasteiger partial charge in [0.1, 0.15) is 5.75 Å². The van der Waals surface area contributed by atoms with Crippen LogP contribution in [0.4, 0.5) is 5.82 Å². The third-order valence-corrected chi connectivity index (χ3v) is 4.31. The maximum atomic E-state index is 12.7. The fourth-order valence-electron chi connectivity index (χ4n) is 3.02. The smallest absolute Gasteiger partial charge is 0.260 e. The van der Waals surface area contributed by atoms with Gasteiger partial charge >= 0.3 is 0 Å². The maximum Gasteiger partial charge on any atom is 0.260 e. The molecule has 0 radical (unpaired) electrons. The number of nitrogens with zero attached hydrogens (tertiary/aromatic N) is 3. The maximum absolute atomic E-state index is 12.7. The number of amides is 1. The van der Waals surface area contributed by atoms with Gasteiger partial charge < -0.3 is 10.1 Å². The summed E-state index contributed by atoms with van der Waals surface area (Å²) >= 11 is 0. The lowest BCUT2D eigenvalue weighted by Gasteiger charge is -2.07. The summed E-state index contributed by atoms with van der Waals surface area (Å²) in [5, 5.41) is 9.25. The Morgan fingerprint density at radius 1 is 1.15 bits per heavy atom. The highest BCUT2D eigenvalue weighted by molar-refractivity contribution is 6.10. The number of ether oxygens (including phenoxy) is 1. The van der Waals surface area contributed by atoms with E-state index in [-0.39, 0.29) is 5.91 Å². The quantitative estimate of drug-likeness (QED) is 0.609. The van der Waals surface area contributed by atoms with E-state index in [1.54, 1.807) is 30.0 Å². The van der Waals surface area contributed by atoms with Gasteiger partial charge in [0.25, 0.3) is 5.91 Å². The molecule has 1 N–H and O–H groups in total. The molecule has 1 amide bonds. The van der Waals surface area contributed by atoms with Gasteiger partial charge in [-0.05, 0) is 31.2 Å². The standard InChI is InChI=1S/C20H18N4O2/c1-3-24-19-15(12-13-8-4-6-10-16(13)21-19)18(23-24)22-20(25)14-9-5-7-11-17(14)26-2/h4-12H,3H2,1-2H3,(H,22,23,25). The number of nitrogens with one attached hydrogen (secondary N) is 1. The number of benzene rings is 2. The van der Waals surface area contributed by atoms with Gasteiger partial charge in [-0.1, -0.05) is 30.3 Å². The Morgan fingerprint density at radius 2 is 1.92 bits per heavy atom. The molecular weight excluding hydrogens is 328 g/mol. The zero-order valence-electron chi connectivity index (χ0n) is 14.6. The van der Waals surface area contributed by atoms with Crippen LogP contribution in [0.1, 0.15) is 17.3 Å². The first-order valence-electron chi connectivity index (χ1n) is 8.42. The Balaban J connectivity index is 1.81. The Morgan fingerprint density at radius 3 is 2.73 bits per heavy atom. The first kappa shape index (κ1) is 16.1. The predicted octanol–water partition coefficient (Wildman–Crippen LogP) is 3.87. The second kappa shape index (κ2) is 6.48. The number of hydrogen-bond acceptors (Lipinski definition) is 4. The molecule has 0 atom stereocenters. The molecule has 0 fully saturated rings. The van der Waals surface area contributed by atoms with Crippen molar-refractivity contribution in [2.75, 3.05) is 12.4 Å². The summed E-state index contributed by atoms with van der Waals surface area (Å²) in [5.41, 5.74) is 2.11. The van der Waals surface area contributed by atoms with E-state index < -0.39 is 0 Å². The summed E-state index contributed by atoms with van der Waals surface area (Å²) < 4.78 is 7.07. The van der Waals surface area contributed by atoms with Crippen molar-refractivity contribution < 1.29 is 9.53 Å². The van der Waals surface area contributed by atoms with E-state index in [9.17, 15) is 4.79 Å². The van der Waals surface area contributed by atoms with Gasteiger partial charge in [0.2, 0.25) is 0 Å². The second-order valence-corrected chi connectivity index (χ2v) is 5.87. The highest BCUT2D eigenvalue weighted by atomic mass is 16.5. The van der Waals surface area contributed by atoms with Gasteiger partial charge in [-0.2, -0.15) is 5.10 Å². The molecule has 2 heterocycles. The van der Waals surface area contributed by atoms with Gasteiger partial charge in [-0.15, -0.1) is 0 Å². The van der Waals surface area contributed by atoms with E-state index in [1.165, 1.54) is 0 Å². The van der Waals surface area contributed by atoms with Crippen LogP contribution in [0.5, 0.6) is 5.75 Å². The lowest BCUT2D eigenvalue weighted by molar-refractivity contribution is 0.102. The number of pyridine rings is 1. The van der Waals surface area contributed by atoms with Crippen molar-refractivity contribution in [3.63, 3.8) is 0 Å². The highest BCUT2D eigenvalue weighted by Crippen LogP contribution is 2.27. The summed E-state index contributed by atoms with van der Waals surface area (Å²) in [4.78, 5) is 17.4. The average molecular weight is 346 g/mol. The Bertz CT molecular complexity index is 1120. The Labute approximate surface area is 150 Å². The van der Waals surface area contributed by atoms with Crippen LogP contribution in [0.15, 0.2) is 54.6 Å². The van der Waals surface area contributed by atoms with E-state index in [0.29, 0.717) is 23.7 Å². The van der Waals surface area contributed by atoms with Crippen LogP contribution in [-0.4, -0.2) is 27.8 Å². The van der Waals surface area contributed by atoms with Crippen LogP contribution in [0.2, 0.25) is 0 Å². The van der Waals surface area contributed by atoms with Crippen LogP contribution in [-0.2, 0) is 6.54 Å². The normalized spacial score (nSPS) is 11.0. The van der Waals surface area contributed by atoms with Crippen molar-refractivity contribution >= 4 is 33.7 Å². The Kier molecular flexibility index (Phi) is 4.01. The van der Waals surface area contributed by atoms with Crippen molar-refractivity contribution in [3.8, 4) is 5.75 Å². The largest absolute Gasteiger partial charge is 0.496 e. The van der Waals surface area contributed by atoms with Crippen LogP contribution < -0.4 is 10.1 Å². The molecule has 6 nitrogen and oxygen atoms in total. The fourth-order valence-corrected chi connectivity index (χ4v) is 3.02. The number of carbonyl (C=O) groups is 1. The monoisotopic (exact) mass is 346 g/mol. The molecule has 0 bridgehead atoms. The van der Waals surface area contributed by atoms with E-state index >= 15 is 0 Å². The summed E-state index contributed by atoms with van der Waals surface area (Å²) in [6.07, 6.45) is 0. The van der Waals surface area contributed by atoms with E-state index in [1.807, 2.05) is 43.3 Å². The van der Waals surface area contributed by atoms with E-state index in [0.717, 1.165) is 21.9 Å².